The second-order valence-electron chi connectivity index (χ2n) is 7.10. The van der Waals surface area contributed by atoms with Crippen LogP contribution in [0, 0.1) is 0 Å². The van der Waals surface area contributed by atoms with Crippen molar-refractivity contribution >= 4 is 21.1 Å². The van der Waals surface area contributed by atoms with Gasteiger partial charge in [-0.2, -0.15) is 0 Å². The first kappa shape index (κ1) is 16.6. The Bertz CT molecular complexity index is 489. The van der Waals surface area contributed by atoms with Crippen LogP contribution in [-0.2, 0) is 10.8 Å². The zero-order valence-electron chi connectivity index (χ0n) is 13.7. The third kappa shape index (κ3) is 4.60. The second kappa shape index (κ2) is 7.00. The van der Waals surface area contributed by atoms with Crippen LogP contribution in [0.5, 0.6) is 0 Å². The molecule has 21 heavy (non-hydrogen) atoms. The number of rotatable bonds is 6. The Morgan fingerprint density at radius 1 is 0.619 bits per heavy atom. The molecule has 0 fully saturated rings. The van der Waals surface area contributed by atoms with Gasteiger partial charge in [0.25, 0.3) is 0 Å². The van der Waals surface area contributed by atoms with E-state index in [4.69, 9.17) is 0 Å². The normalized spacial score (nSPS) is 12.4. The predicted molar refractivity (Wildman–Crippen MR) is 94.3 cm³/mol. The summed E-state index contributed by atoms with van der Waals surface area (Å²) >= 11 is -0.384. The van der Waals surface area contributed by atoms with Gasteiger partial charge in [0.15, 0.2) is 0 Å². The summed E-state index contributed by atoms with van der Waals surface area (Å²) in [6.45, 7) is 9.61. The standard InChI is InChI=1S/2C10H13.Sn/c2*1-10(2,3)9-7-5-4-6-8-9;/h2*4-8H,1H2,2-3H3;. The molecule has 0 bridgehead atoms. The van der Waals surface area contributed by atoms with Crippen LogP contribution in [0.4, 0.5) is 0 Å². The summed E-state index contributed by atoms with van der Waals surface area (Å²) in [5, 5.41) is 0. The van der Waals surface area contributed by atoms with Gasteiger partial charge in [-0.3, -0.25) is 0 Å². The Hall–Kier alpha value is -0.761. The fraction of sp³-hybridized carbons (Fsp3) is 0.400. The molecule has 2 aromatic carbocycles. The van der Waals surface area contributed by atoms with Gasteiger partial charge in [-0.1, -0.05) is 0 Å². The molecule has 110 valence electrons. The van der Waals surface area contributed by atoms with E-state index < -0.39 is 0 Å². The summed E-state index contributed by atoms with van der Waals surface area (Å²) in [5.41, 5.74) is 3.65. The summed E-state index contributed by atoms with van der Waals surface area (Å²) in [6.07, 6.45) is 0. The van der Waals surface area contributed by atoms with E-state index in [0.29, 0.717) is 10.8 Å². The van der Waals surface area contributed by atoms with Crippen molar-refractivity contribution in [3.63, 3.8) is 0 Å². The third-order valence-corrected chi connectivity index (χ3v) is 10.7. The second-order valence-corrected chi connectivity index (χ2v) is 10.5. The number of hydrogen-bond donors (Lipinski definition) is 0. The van der Waals surface area contributed by atoms with Crippen LogP contribution in [0.2, 0.25) is 8.87 Å². The topological polar surface area (TPSA) is 0 Å². The van der Waals surface area contributed by atoms with Gasteiger partial charge >= 0.3 is 140 Å². The van der Waals surface area contributed by atoms with Gasteiger partial charge in [0, 0.05) is 0 Å². The summed E-state index contributed by atoms with van der Waals surface area (Å²) < 4.78 is 2.80. The summed E-state index contributed by atoms with van der Waals surface area (Å²) in [6, 6.07) is 22.0. The van der Waals surface area contributed by atoms with Gasteiger partial charge in [0.2, 0.25) is 0 Å². The maximum absolute atomic E-state index is 2.40. The minimum atomic E-state index is -0.384. The van der Waals surface area contributed by atoms with Crippen LogP contribution < -0.4 is 0 Å². The first-order valence-electron chi connectivity index (χ1n) is 7.74. The Morgan fingerprint density at radius 3 is 1.29 bits per heavy atom. The van der Waals surface area contributed by atoms with E-state index in [1.807, 2.05) is 0 Å². The molecule has 0 aliphatic rings. The fourth-order valence-electron chi connectivity index (χ4n) is 2.67. The molecule has 1 heteroatoms. The van der Waals surface area contributed by atoms with Crippen molar-refractivity contribution in [1.29, 1.82) is 0 Å². The van der Waals surface area contributed by atoms with Crippen molar-refractivity contribution in [2.24, 2.45) is 0 Å². The van der Waals surface area contributed by atoms with Crippen molar-refractivity contribution < 1.29 is 0 Å². The van der Waals surface area contributed by atoms with Crippen molar-refractivity contribution in [3.05, 3.63) is 71.8 Å². The van der Waals surface area contributed by atoms with E-state index in [1.165, 1.54) is 20.0 Å². The van der Waals surface area contributed by atoms with E-state index >= 15 is 0 Å². The Kier molecular flexibility index (Phi) is 5.53. The zero-order valence-corrected chi connectivity index (χ0v) is 16.5. The molecule has 0 aromatic heterocycles. The van der Waals surface area contributed by atoms with E-state index in [9.17, 15) is 0 Å². The molecular weight excluding hydrogens is 359 g/mol. The molecule has 0 aliphatic heterocycles. The molecule has 0 aliphatic carbocycles. The first-order chi connectivity index (χ1) is 9.92. The van der Waals surface area contributed by atoms with Crippen molar-refractivity contribution in [1.82, 2.24) is 0 Å². The molecule has 0 spiro atoms. The molecule has 2 aromatic rings. The van der Waals surface area contributed by atoms with Gasteiger partial charge in [-0.05, 0) is 0 Å². The monoisotopic (exact) mass is 386 g/mol. The van der Waals surface area contributed by atoms with Gasteiger partial charge < -0.3 is 0 Å². The summed E-state index contributed by atoms with van der Waals surface area (Å²) in [7, 11) is 0. The Labute approximate surface area is 140 Å². The van der Waals surface area contributed by atoms with Crippen LogP contribution in [0.25, 0.3) is 0 Å². The molecule has 2 rings (SSSR count). The Morgan fingerprint density at radius 2 is 0.952 bits per heavy atom. The molecule has 0 unspecified atom stereocenters. The molecular formula is C20H26Sn. The maximum atomic E-state index is 2.40. The molecule has 2 radical (unpaired) electrons. The van der Waals surface area contributed by atoms with Crippen LogP contribution in [0.3, 0.4) is 0 Å². The molecule has 0 amide bonds. The number of hydrogen-bond acceptors (Lipinski definition) is 0. The van der Waals surface area contributed by atoms with E-state index in [0.717, 1.165) is 0 Å². The summed E-state index contributed by atoms with van der Waals surface area (Å²) in [5.74, 6) is 0. The summed E-state index contributed by atoms with van der Waals surface area (Å²) in [4.78, 5) is 0. The molecule has 0 atom stereocenters. The SMILES string of the molecule is CC(C)([CH2][Sn][CH2]C(C)(C)c1ccccc1)c1ccccc1. The molecule has 0 saturated carbocycles. The first-order valence-corrected chi connectivity index (χ1v) is 11.8. The van der Waals surface area contributed by atoms with Crippen LogP contribution in [0.1, 0.15) is 38.8 Å². The molecule has 0 nitrogen and oxygen atoms in total. The molecule has 0 saturated heterocycles. The Balaban J connectivity index is 1.95. The number of benzene rings is 2. The van der Waals surface area contributed by atoms with Crippen molar-refractivity contribution in [2.75, 3.05) is 0 Å². The minimum absolute atomic E-state index is 0.334. The van der Waals surface area contributed by atoms with Crippen LogP contribution in [0.15, 0.2) is 60.7 Å². The average Bonchev–Trinajstić information content (AvgIpc) is 2.49. The van der Waals surface area contributed by atoms with Crippen molar-refractivity contribution in [2.45, 2.75) is 47.4 Å². The van der Waals surface area contributed by atoms with Crippen molar-refractivity contribution in [3.8, 4) is 0 Å². The molecule has 0 heterocycles. The van der Waals surface area contributed by atoms with E-state index in [-0.39, 0.29) is 21.1 Å². The fourth-order valence-corrected chi connectivity index (χ4v) is 7.76. The zero-order chi connectivity index (χ0) is 15.3. The van der Waals surface area contributed by atoms with Gasteiger partial charge in [-0.15, -0.1) is 0 Å². The van der Waals surface area contributed by atoms with Gasteiger partial charge in [0.05, 0.1) is 0 Å². The molecule has 0 N–H and O–H groups in total. The van der Waals surface area contributed by atoms with Crippen LogP contribution in [-0.4, -0.2) is 21.1 Å². The van der Waals surface area contributed by atoms with E-state index in [1.54, 1.807) is 0 Å². The third-order valence-electron chi connectivity index (χ3n) is 4.24. The van der Waals surface area contributed by atoms with E-state index in [2.05, 4.69) is 88.4 Å². The predicted octanol–water partition coefficient (Wildman–Crippen LogP) is 5.48. The van der Waals surface area contributed by atoms with Gasteiger partial charge in [0.1, 0.15) is 0 Å². The van der Waals surface area contributed by atoms with Gasteiger partial charge in [-0.25, -0.2) is 0 Å². The quantitative estimate of drug-likeness (QED) is 0.578. The average molecular weight is 385 g/mol. The van der Waals surface area contributed by atoms with Crippen LogP contribution >= 0.6 is 0 Å².